The third-order valence-corrected chi connectivity index (χ3v) is 10.7. The predicted octanol–water partition coefficient (Wildman–Crippen LogP) is 2.74. The van der Waals surface area contributed by atoms with E-state index < -0.39 is 27.4 Å². The lowest BCUT2D eigenvalue weighted by atomic mass is 9.81. The zero-order valence-electron chi connectivity index (χ0n) is 24.6. The van der Waals surface area contributed by atoms with Crippen LogP contribution in [0.5, 0.6) is 5.88 Å². The molecule has 2 aromatic heterocycles. The van der Waals surface area contributed by atoms with Crippen LogP contribution in [0.15, 0.2) is 35.2 Å². The molecule has 3 aromatic rings. The van der Waals surface area contributed by atoms with Crippen molar-refractivity contribution in [2.75, 3.05) is 63.8 Å². The number of aromatic nitrogens is 2. The first-order valence-corrected chi connectivity index (χ1v) is 16.2. The van der Waals surface area contributed by atoms with Crippen LogP contribution >= 0.6 is 11.3 Å². The Morgan fingerprint density at radius 3 is 2.61 bits per heavy atom. The van der Waals surface area contributed by atoms with E-state index in [1.54, 1.807) is 34.1 Å². The molecule has 2 aliphatic heterocycles. The molecule has 236 valence electrons. The van der Waals surface area contributed by atoms with E-state index in [1.807, 2.05) is 0 Å². The normalized spacial score (nSPS) is 17.9. The minimum Gasteiger partial charge on any atom is -0.481 e. The van der Waals surface area contributed by atoms with Crippen LogP contribution in [0.3, 0.4) is 0 Å². The standard InChI is InChI=1S/C28H34N6O8S2/c1-18(35)32-13-10-28(16-32)17-34(27(38)31-26-29-21-6-8-23(42-3)30-25(21)43-26)22-7-5-19(15-20(22)28)44(39,40)33(11-4-14-41-2)12-9-24(36)37/h5-8,15H,4,9-14,16-17H2,1-3H3,(H,36,37)(H,29,31,38). The molecule has 1 saturated heterocycles. The number of amides is 3. The molecule has 2 aliphatic rings. The molecule has 0 saturated carbocycles. The number of rotatable bonds is 11. The molecule has 1 unspecified atom stereocenters. The van der Waals surface area contributed by atoms with E-state index in [4.69, 9.17) is 9.47 Å². The van der Waals surface area contributed by atoms with Gasteiger partial charge in [-0.05, 0) is 42.7 Å². The molecular formula is C28H34N6O8S2. The van der Waals surface area contributed by atoms with Gasteiger partial charge in [0, 0.05) is 70.5 Å². The Bertz CT molecular complexity index is 1700. The number of benzene rings is 1. The molecule has 44 heavy (non-hydrogen) atoms. The van der Waals surface area contributed by atoms with Crippen LogP contribution in [0.1, 0.15) is 31.7 Å². The summed E-state index contributed by atoms with van der Waals surface area (Å²) in [5, 5.41) is 12.4. The first-order valence-electron chi connectivity index (χ1n) is 14.0. The molecule has 0 aliphatic carbocycles. The lowest BCUT2D eigenvalue weighted by Crippen LogP contribution is -2.41. The quantitative estimate of drug-likeness (QED) is 0.295. The van der Waals surface area contributed by atoms with Gasteiger partial charge in [-0.25, -0.2) is 23.2 Å². The number of ether oxygens (including phenoxy) is 2. The molecule has 2 N–H and O–H groups in total. The number of carboxylic acid groups (broad SMARTS) is 1. The molecule has 1 atom stereocenters. The fourth-order valence-corrected chi connectivity index (χ4v) is 8.04. The van der Waals surface area contributed by atoms with E-state index in [0.717, 1.165) is 4.31 Å². The number of fused-ring (bicyclic) bond motifs is 3. The van der Waals surface area contributed by atoms with Gasteiger partial charge in [-0.15, -0.1) is 0 Å². The van der Waals surface area contributed by atoms with Crippen LogP contribution in [0.4, 0.5) is 15.6 Å². The smallest absolute Gasteiger partial charge is 0.328 e. The fraction of sp³-hybridized carbons (Fsp3) is 0.464. The Hall–Kier alpha value is -3.86. The number of likely N-dealkylation sites (tertiary alicyclic amines) is 1. The van der Waals surface area contributed by atoms with Crippen molar-refractivity contribution in [2.45, 2.75) is 36.5 Å². The largest absolute Gasteiger partial charge is 0.481 e. The van der Waals surface area contributed by atoms with Crippen molar-refractivity contribution in [2.24, 2.45) is 0 Å². The van der Waals surface area contributed by atoms with Crippen molar-refractivity contribution in [1.29, 1.82) is 0 Å². The van der Waals surface area contributed by atoms with Gasteiger partial charge >= 0.3 is 12.0 Å². The lowest BCUT2D eigenvalue weighted by Gasteiger charge is -2.26. The number of carbonyl (C=O) groups excluding carboxylic acids is 2. The lowest BCUT2D eigenvalue weighted by molar-refractivity contribution is -0.137. The summed E-state index contributed by atoms with van der Waals surface area (Å²) in [4.78, 5) is 49.9. The number of carboxylic acids is 1. The summed E-state index contributed by atoms with van der Waals surface area (Å²) in [5.74, 6) is -0.785. The maximum Gasteiger partial charge on any atom is 0.328 e. The molecule has 0 bridgehead atoms. The summed E-state index contributed by atoms with van der Waals surface area (Å²) in [7, 11) is -1.07. The Morgan fingerprint density at radius 1 is 1.14 bits per heavy atom. The molecule has 14 nitrogen and oxygen atoms in total. The number of methoxy groups -OCH3 is 2. The molecule has 1 aromatic carbocycles. The number of nitrogens with one attached hydrogen (secondary N) is 1. The number of hydrogen-bond donors (Lipinski definition) is 2. The molecule has 0 radical (unpaired) electrons. The van der Waals surface area contributed by atoms with E-state index >= 15 is 0 Å². The van der Waals surface area contributed by atoms with Crippen LogP contribution in [0, 0.1) is 0 Å². The summed E-state index contributed by atoms with van der Waals surface area (Å²) in [6, 6.07) is 7.58. The zero-order valence-corrected chi connectivity index (χ0v) is 26.2. The highest BCUT2D eigenvalue weighted by molar-refractivity contribution is 7.89. The summed E-state index contributed by atoms with van der Waals surface area (Å²) in [6.45, 7) is 2.71. The first kappa shape index (κ1) is 31.6. The van der Waals surface area contributed by atoms with Crippen LogP contribution in [0.25, 0.3) is 10.3 Å². The van der Waals surface area contributed by atoms with Crippen molar-refractivity contribution >= 4 is 60.4 Å². The van der Waals surface area contributed by atoms with Gasteiger partial charge in [0.2, 0.25) is 21.8 Å². The average Bonchev–Trinajstić information content (AvgIpc) is 3.69. The Balaban J connectivity index is 1.48. The van der Waals surface area contributed by atoms with Gasteiger partial charge in [0.25, 0.3) is 0 Å². The molecule has 1 fully saturated rings. The second-order valence-corrected chi connectivity index (χ2v) is 13.7. The highest BCUT2D eigenvalue weighted by atomic mass is 32.2. The van der Waals surface area contributed by atoms with E-state index in [2.05, 4.69) is 15.3 Å². The van der Waals surface area contributed by atoms with Gasteiger partial charge in [-0.3, -0.25) is 19.8 Å². The van der Waals surface area contributed by atoms with E-state index in [1.165, 1.54) is 38.5 Å². The molecule has 16 heteroatoms. The second kappa shape index (κ2) is 12.6. The average molecular weight is 647 g/mol. The third kappa shape index (κ3) is 6.20. The number of aliphatic carboxylic acids is 1. The molecule has 1 spiro atoms. The molecular weight excluding hydrogens is 612 g/mol. The van der Waals surface area contributed by atoms with Gasteiger partial charge < -0.3 is 19.5 Å². The number of pyridine rings is 1. The molecule has 5 rings (SSSR count). The number of hydrogen-bond acceptors (Lipinski definition) is 10. The van der Waals surface area contributed by atoms with Crippen LogP contribution < -0.4 is 15.0 Å². The van der Waals surface area contributed by atoms with Gasteiger partial charge in [-0.1, -0.05) is 11.3 Å². The summed E-state index contributed by atoms with van der Waals surface area (Å²) in [6.07, 6.45) is 0.574. The van der Waals surface area contributed by atoms with Crippen molar-refractivity contribution in [3.63, 3.8) is 0 Å². The first-order chi connectivity index (χ1) is 21.0. The molecule has 4 heterocycles. The zero-order chi connectivity index (χ0) is 31.6. The third-order valence-electron chi connectivity index (χ3n) is 7.96. The topological polar surface area (TPSA) is 172 Å². The SMILES string of the molecule is COCCCN(CCC(=O)O)S(=O)(=O)c1ccc2c(c1)C1(CCN(C(C)=O)C1)CN2C(=O)Nc1nc2ccc(OC)nc2s1. The monoisotopic (exact) mass is 646 g/mol. The van der Waals surface area contributed by atoms with E-state index in [0.29, 0.717) is 65.1 Å². The van der Waals surface area contributed by atoms with Crippen LogP contribution in [0.2, 0.25) is 0 Å². The maximum atomic E-state index is 13.8. The van der Waals surface area contributed by atoms with E-state index in [-0.39, 0.29) is 36.9 Å². The summed E-state index contributed by atoms with van der Waals surface area (Å²) in [5.41, 5.74) is 1.09. The van der Waals surface area contributed by atoms with Crippen molar-refractivity contribution in [1.82, 2.24) is 19.2 Å². The highest BCUT2D eigenvalue weighted by Gasteiger charge is 2.50. The number of urea groups is 1. The van der Waals surface area contributed by atoms with Crippen molar-refractivity contribution in [3.8, 4) is 5.88 Å². The van der Waals surface area contributed by atoms with Gasteiger partial charge in [0.15, 0.2) is 5.13 Å². The summed E-state index contributed by atoms with van der Waals surface area (Å²) >= 11 is 1.20. The number of carbonyl (C=O) groups is 3. The van der Waals surface area contributed by atoms with Crippen molar-refractivity contribution in [3.05, 3.63) is 35.9 Å². The number of nitrogens with zero attached hydrogens (tertiary/aromatic N) is 5. The van der Waals surface area contributed by atoms with Crippen LogP contribution in [-0.4, -0.2) is 104 Å². The fourth-order valence-electron chi connectivity index (χ4n) is 5.71. The minimum absolute atomic E-state index is 0.00633. The van der Waals surface area contributed by atoms with Gasteiger partial charge in [0.1, 0.15) is 10.3 Å². The Kier molecular flexibility index (Phi) is 9.06. The molecule has 3 amide bonds. The number of sulfonamides is 1. The van der Waals surface area contributed by atoms with Gasteiger partial charge in [0.05, 0.1) is 18.4 Å². The van der Waals surface area contributed by atoms with Gasteiger partial charge in [-0.2, -0.15) is 4.31 Å². The highest BCUT2D eigenvalue weighted by Crippen LogP contribution is 2.47. The second-order valence-electron chi connectivity index (χ2n) is 10.8. The minimum atomic E-state index is -4.09. The Labute approximate surface area is 258 Å². The number of anilines is 2. The van der Waals surface area contributed by atoms with Crippen LogP contribution in [-0.2, 0) is 29.8 Å². The predicted molar refractivity (Wildman–Crippen MR) is 163 cm³/mol. The van der Waals surface area contributed by atoms with Crippen molar-refractivity contribution < 1.29 is 37.4 Å². The Morgan fingerprint density at radius 2 is 1.93 bits per heavy atom. The maximum absolute atomic E-state index is 13.8. The van der Waals surface area contributed by atoms with E-state index in [9.17, 15) is 27.9 Å². The number of thiazole rings is 1. The summed E-state index contributed by atoms with van der Waals surface area (Å²) < 4.78 is 39.0.